The summed E-state index contributed by atoms with van der Waals surface area (Å²) in [5.41, 5.74) is 2.18. The number of carbonyl (C=O) groups excluding carboxylic acids is 1. The summed E-state index contributed by atoms with van der Waals surface area (Å²) in [4.78, 5) is 30.5. The number of hydrogen-bond acceptors (Lipinski definition) is 3. The molecule has 0 aromatic heterocycles. The summed E-state index contributed by atoms with van der Waals surface area (Å²) >= 11 is 0. The molecule has 0 atom stereocenters. The first-order valence-corrected chi connectivity index (χ1v) is 11.9. The van der Waals surface area contributed by atoms with Gasteiger partial charge in [0.2, 0.25) is 6.41 Å². The molecule has 0 heterocycles. The summed E-state index contributed by atoms with van der Waals surface area (Å²) in [6, 6.07) is 6.61. The summed E-state index contributed by atoms with van der Waals surface area (Å²) in [6.07, 6.45) is 11.4. The van der Waals surface area contributed by atoms with E-state index in [2.05, 4.69) is 20.8 Å². The lowest BCUT2D eigenvalue weighted by Crippen LogP contribution is -2.50. The fraction of sp³-hybridized carbons (Fsp3) is 0.464. The maximum absolute atomic E-state index is 13.7. The highest BCUT2D eigenvalue weighted by atomic mass is 19.1. The molecule has 0 unspecified atom stereocenters. The summed E-state index contributed by atoms with van der Waals surface area (Å²) in [5.74, 6) is -0.708. The number of halogens is 1. The predicted molar refractivity (Wildman–Crippen MR) is 133 cm³/mol. The smallest absolute Gasteiger partial charge is 0.335 e. The molecule has 5 nitrogen and oxygen atoms in total. The predicted octanol–water partition coefficient (Wildman–Crippen LogP) is 6.48. The number of hydrogen-bond donors (Lipinski definition) is 1. The maximum Gasteiger partial charge on any atom is 0.335 e. The highest BCUT2D eigenvalue weighted by Crippen LogP contribution is 2.44. The summed E-state index contributed by atoms with van der Waals surface area (Å²) in [5, 5.41) is 9.18. The topological polar surface area (TPSA) is 70.0 Å². The Morgan fingerprint density at radius 1 is 1.18 bits per heavy atom. The molecular formula is C28H35FN2O3. The van der Waals surface area contributed by atoms with Crippen molar-refractivity contribution >= 4 is 18.1 Å². The highest BCUT2D eigenvalue weighted by Gasteiger charge is 2.42. The van der Waals surface area contributed by atoms with Crippen molar-refractivity contribution in [1.82, 2.24) is 4.90 Å². The lowest BCUT2D eigenvalue weighted by atomic mass is 9.69. The van der Waals surface area contributed by atoms with Gasteiger partial charge in [0, 0.05) is 12.3 Å². The summed E-state index contributed by atoms with van der Waals surface area (Å²) in [7, 11) is 0. The Morgan fingerprint density at radius 2 is 1.82 bits per heavy atom. The Hall–Kier alpha value is -3.02. The number of rotatable bonds is 7. The third-order valence-corrected chi connectivity index (χ3v) is 7.09. The van der Waals surface area contributed by atoms with Gasteiger partial charge in [0.25, 0.3) is 0 Å². The average Bonchev–Trinajstić information content (AvgIpc) is 3.02. The number of allylic oxidation sites excluding steroid dienone is 6. The molecule has 2 aliphatic rings. The largest absolute Gasteiger partial charge is 0.478 e. The van der Waals surface area contributed by atoms with Crippen LogP contribution in [-0.2, 0) is 11.3 Å². The molecule has 0 spiro atoms. The monoisotopic (exact) mass is 466 g/mol. The third kappa shape index (κ3) is 6.10. The number of carbonyl (C=O) groups is 2. The van der Waals surface area contributed by atoms with E-state index in [-0.39, 0.29) is 16.8 Å². The third-order valence-electron chi connectivity index (χ3n) is 7.09. The SMILES string of the molecule is C/C(=N\C1(N(C=O)Cc2ccc(C(=O)O)cc2)CCC(C(C)(C)C)CC1)C1=CCC=C(F)C=C1. The van der Waals surface area contributed by atoms with Crippen molar-refractivity contribution in [3.63, 3.8) is 0 Å². The minimum atomic E-state index is -0.980. The van der Waals surface area contributed by atoms with E-state index in [1.807, 2.05) is 13.0 Å². The molecule has 0 saturated heterocycles. The van der Waals surface area contributed by atoms with Gasteiger partial charge in [-0.25, -0.2) is 9.18 Å². The average molecular weight is 467 g/mol. The van der Waals surface area contributed by atoms with Gasteiger partial charge in [-0.05, 0) is 85.8 Å². The number of aliphatic imine (C=N–C) groups is 1. The summed E-state index contributed by atoms with van der Waals surface area (Å²) in [6.45, 7) is 9.02. The van der Waals surface area contributed by atoms with Crippen LogP contribution in [0.3, 0.4) is 0 Å². The molecule has 34 heavy (non-hydrogen) atoms. The Balaban J connectivity index is 1.93. The molecule has 1 aromatic rings. The van der Waals surface area contributed by atoms with Gasteiger partial charge in [0.15, 0.2) is 0 Å². The number of nitrogens with zero attached hydrogens (tertiary/aromatic N) is 2. The Bertz CT molecular complexity index is 1020. The van der Waals surface area contributed by atoms with Gasteiger partial charge in [0.05, 0.1) is 5.56 Å². The van der Waals surface area contributed by atoms with Gasteiger partial charge in [-0.3, -0.25) is 9.79 Å². The van der Waals surface area contributed by atoms with Crippen LogP contribution in [0.1, 0.15) is 75.7 Å². The van der Waals surface area contributed by atoms with Crippen molar-refractivity contribution in [3.05, 3.63) is 71.1 Å². The Morgan fingerprint density at radius 3 is 2.38 bits per heavy atom. The van der Waals surface area contributed by atoms with Crippen LogP contribution in [0.2, 0.25) is 0 Å². The first kappa shape index (κ1) is 25.6. The van der Waals surface area contributed by atoms with Crippen molar-refractivity contribution < 1.29 is 19.1 Å². The molecule has 1 saturated carbocycles. The number of benzene rings is 1. The standard InChI is InChI=1S/C28H35FN2O3/c1-20(22-6-5-7-25(29)13-12-22)30-28(16-14-24(15-17-28)27(2,3)4)31(19-32)18-21-8-10-23(11-9-21)26(33)34/h6-13,19,24H,5,14-18H2,1-4H3,(H,33,34)/b30-20+. The molecular weight excluding hydrogens is 431 g/mol. The number of carboxylic acid groups (broad SMARTS) is 1. The van der Waals surface area contributed by atoms with Crippen LogP contribution in [0.4, 0.5) is 4.39 Å². The van der Waals surface area contributed by atoms with Gasteiger partial charge in [-0.15, -0.1) is 0 Å². The minimum absolute atomic E-state index is 0.180. The molecule has 1 aromatic carbocycles. The molecule has 3 rings (SSSR count). The fourth-order valence-corrected chi connectivity index (χ4v) is 4.89. The number of carboxylic acids is 1. The van der Waals surface area contributed by atoms with Crippen molar-refractivity contribution in [1.29, 1.82) is 0 Å². The molecule has 182 valence electrons. The van der Waals surface area contributed by atoms with E-state index in [1.54, 1.807) is 35.2 Å². The van der Waals surface area contributed by atoms with Gasteiger partial charge in [-0.1, -0.05) is 45.1 Å². The normalized spacial score (nSPS) is 23.6. The van der Waals surface area contributed by atoms with Crippen LogP contribution in [0.5, 0.6) is 0 Å². The van der Waals surface area contributed by atoms with E-state index in [0.29, 0.717) is 18.9 Å². The zero-order valence-electron chi connectivity index (χ0n) is 20.6. The molecule has 6 heteroatoms. The van der Waals surface area contributed by atoms with Crippen LogP contribution in [0, 0.1) is 11.3 Å². The second-order valence-electron chi connectivity index (χ2n) is 10.4. The second kappa shape index (κ2) is 10.5. The molecule has 1 amide bonds. The van der Waals surface area contributed by atoms with E-state index in [4.69, 9.17) is 4.99 Å². The van der Waals surface area contributed by atoms with E-state index < -0.39 is 11.6 Å². The molecule has 2 aliphatic carbocycles. The van der Waals surface area contributed by atoms with Gasteiger partial charge in [-0.2, -0.15) is 0 Å². The highest BCUT2D eigenvalue weighted by molar-refractivity contribution is 6.01. The van der Waals surface area contributed by atoms with Crippen LogP contribution < -0.4 is 0 Å². The van der Waals surface area contributed by atoms with Crippen LogP contribution in [0.15, 0.2) is 65.0 Å². The minimum Gasteiger partial charge on any atom is -0.478 e. The zero-order chi connectivity index (χ0) is 24.9. The van der Waals surface area contributed by atoms with Gasteiger partial charge in [0.1, 0.15) is 11.5 Å². The van der Waals surface area contributed by atoms with Crippen LogP contribution in [-0.4, -0.2) is 33.8 Å². The first-order valence-electron chi connectivity index (χ1n) is 11.9. The van der Waals surface area contributed by atoms with Crippen molar-refractivity contribution in [2.24, 2.45) is 16.3 Å². The molecule has 0 bridgehead atoms. The van der Waals surface area contributed by atoms with E-state index in [1.165, 1.54) is 12.2 Å². The van der Waals surface area contributed by atoms with Crippen molar-refractivity contribution in [2.75, 3.05) is 0 Å². The summed E-state index contributed by atoms with van der Waals surface area (Å²) < 4.78 is 13.7. The number of aromatic carboxylic acids is 1. The Labute approximate surface area is 201 Å². The maximum atomic E-state index is 13.7. The Kier molecular flexibility index (Phi) is 7.90. The lowest BCUT2D eigenvalue weighted by Gasteiger charge is -2.46. The van der Waals surface area contributed by atoms with Crippen molar-refractivity contribution in [3.8, 4) is 0 Å². The lowest BCUT2D eigenvalue weighted by molar-refractivity contribution is -0.126. The number of amides is 1. The molecule has 0 aliphatic heterocycles. The zero-order valence-corrected chi connectivity index (χ0v) is 20.6. The quantitative estimate of drug-likeness (QED) is 0.369. The van der Waals surface area contributed by atoms with Gasteiger partial charge < -0.3 is 10.0 Å². The van der Waals surface area contributed by atoms with Gasteiger partial charge >= 0.3 is 5.97 Å². The van der Waals surface area contributed by atoms with E-state index in [0.717, 1.165) is 48.9 Å². The van der Waals surface area contributed by atoms with E-state index >= 15 is 0 Å². The first-order chi connectivity index (χ1) is 16.0. The molecule has 0 radical (unpaired) electrons. The van der Waals surface area contributed by atoms with Crippen LogP contribution >= 0.6 is 0 Å². The molecule has 1 fully saturated rings. The second-order valence-corrected chi connectivity index (χ2v) is 10.4. The van der Waals surface area contributed by atoms with E-state index in [9.17, 15) is 19.1 Å². The molecule has 1 N–H and O–H groups in total. The fourth-order valence-electron chi connectivity index (χ4n) is 4.89. The van der Waals surface area contributed by atoms with Crippen LogP contribution in [0.25, 0.3) is 0 Å². The van der Waals surface area contributed by atoms with Crippen molar-refractivity contribution in [2.45, 2.75) is 72.0 Å².